The van der Waals surface area contributed by atoms with Crippen molar-refractivity contribution in [2.24, 2.45) is 22.2 Å². The van der Waals surface area contributed by atoms with E-state index in [9.17, 15) is 23.1 Å². The summed E-state index contributed by atoms with van der Waals surface area (Å²) in [6, 6.07) is 2.77. The number of hydrogen-bond donors (Lipinski definition) is 1. The zero-order valence-electron chi connectivity index (χ0n) is 15.4. The fourth-order valence-electron chi connectivity index (χ4n) is 3.62. The number of nitrogens with zero attached hydrogens (tertiary/aromatic N) is 1. The minimum absolute atomic E-state index is 0.0171. The van der Waals surface area contributed by atoms with Crippen LogP contribution in [-0.4, -0.2) is 23.0 Å². The largest absolute Gasteiger partial charge is 0.478 e. The molecule has 0 aromatic heterocycles. The molecule has 3 rings (SSSR count). The van der Waals surface area contributed by atoms with Crippen molar-refractivity contribution in [2.45, 2.75) is 33.4 Å². The molecular weight excluding hydrogens is 414 g/mol. The van der Waals surface area contributed by atoms with Gasteiger partial charge >= 0.3 is 12.1 Å². The summed E-state index contributed by atoms with van der Waals surface area (Å²) in [5.41, 5.74) is 0.0895. The first-order chi connectivity index (χ1) is 12.9. The molecule has 3 unspecified atom stereocenters. The van der Waals surface area contributed by atoms with Crippen LogP contribution in [0.1, 0.15) is 36.7 Å². The molecular formula is C20H18Cl2F3NO2. The molecule has 1 heterocycles. The topological polar surface area (TPSA) is 49.7 Å². The van der Waals surface area contributed by atoms with Crippen LogP contribution >= 0.6 is 23.2 Å². The Morgan fingerprint density at radius 1 is 1.29 bits per heavy atom. The van der Waals surface area contributed by atoms with Crippen molar-refractivity contribution in [1.29, 1.82) is 0 Å². The monoisotopic (exact) mass is 431 g/mol. The minimum Gasteiger partial charge on any atom is -0.478 e. The molecule has 28 heavy (non-hydrogen) atoms. The highest BCUT2D eigenvalue weighted by Crippen LogP contribution is 2.53. The minimum atomic E-state index is -4.40. The highest BCUT2D eigenvalue weighted by Gasteiger charge is 2.56. The third-order valence-electron chi connectivity index (χ3n) is 5.83. The number of halogens is 5. The van der Waals surface area contributed by atoms with E-state index < -0.39 is 23.5 Å². The van der Waals surface area contributed by atoms with Crippen LogP contribution in [0.15, 0.2) is 40.5 Å². The molecule has 1 N–H and O–H groups in total. The third-order valence-corrected chi connectivity index (χ3v) is 6.62. The molecule has 8 heteroatoms. The van der Waals surface area contributed by atoms with Gasteiger partial charge in [-0.25, -0.2) is 4.79 Å². The van der Waals surface area contributed by atoms with Gasteiger partial charge in [0.15, 0.2) is 0 Å². The molecule has 3 nitrogen and oxygen atoms in total. The number of aromatic carboxylic acids is 1. The number of carbonyl (C=O) groups is 1. The van der Waals surface area contributed by atoms with Gasteiger partial charge in [-0.1, -0.05) is 49.2 Å². The smallest absolute Gasteiger partial charge is 0.398 e. The van der Waals surface area contributed by atoms with E-state index in [1.807, 2.05) is 6.92 Å². The summed E-state index contributed by atoms with van der Waals surface area (Å²) in [6.07, 6.45) is -1.53. The van der Waals surface area contributed by atoms with Gasteiger partial charge in [0, 0.05) is 34.7 Å². The number of allylic oxidation sites excluding steroid dienone is 4. The molecule has 1 aliphatic carbocycles. The summed E-state index contributed by atoms with van der Waals surface area (Å²) in [7, 11) is 0. The quantitative estimate of drug-likeness (QED) is 0.605. The van der Waals surface area contributed by atoms with Crippen LogP contribution < -0.4 is 0 Å². The number of rotatable bonds is 3. The van der Waals surface area contributed by atoms with Crippen molar-refractivity contribution in [3.8, 4) is 0 Å². The molecule has 1 aromatic carbocycles. The first kappa shape index (κ1) is 20.9. The van der Waals surface area contributed by atoms with Crippen molar-refractivity contribution in [3.63, 3.8) is 0 Å². The maximum Gasteiger partial charge on any atom is 0.398 e. The van der Waals surface area contributed by atoms with E-state index in [2.05, 4.69) is 4.99 Å². The molecule has 1 aliphatic heterocycles. The highest BCUT2D eigenvalue weighted by molar-refractivity contribution is 6.38. The molecule has 1 aromatic rings. The lowest BCUT2D eigenvalue weighted by Gasteiger charge is -2.37. The lowest BCUT2D eigenvalue weighted by atomic mass is 9.70. The van der Waals surface area contributed by atoms with Crippen LogP contribution in [0.5, 0.6) is 0 Å². The van der Waals surface area contributed by atoms with Crippen molar-refractivity contribution >= 4 is 34.9 Å². The lowest BCUT2D eigenvalue weighted by molar-refractivity contribution is -0.211. The van der Waals surface area contributed by atoms with Crippen molar-refractivity contribution in [3.05, 3.63) is 56.7 Å². The van der Waals surface area contributed by atoms with Gasteiger partial charge in [-0.3, -0.25) is 4.99 Å². The van der Waals surface area contributed by atoms with Crippen molar-refractivity contribution in [2.75, 3.05) is 0 Å². The fraction of sp³-hybridized carbons (Fsp3) is 0.400. The van der Waals surface area contributed by atoms with Crippen LogP contribution in [0, 0.1) is 17.3 Å². The maximum absolute atomic E-state index is 13.6. The van der Waals surface area contributed by atoms with Crippen molar-refractivity contribution < 1.29 is 23.1 Å². The van der Waals surface area contributed by atoms with Crippen LogP contribution in [0.2, 0.25) is 10.0 Å². The van der Waals surface area contributed by atoms with E-state index in [0.717, 1.165) is 5.57 Å². The summed E-state index contributed by atoms with van der Waals surface area (Å²) in [5, 5.41) is 9.56. The molecule has 0 saturated carbocycles. The van der Waals surface area contributed by atoms with Gasteiger partial charge in [0.25, 0.3) is 0 Å². The molecule has 2 aliphatic rings. The van der Waals surface area contributed by atoms with Gasteiger partial charge in [0.1, 0.15) is 0 Å². The van der Waals surface area contributed by atoms with E-state index in [4.69, 9.17) is 23.2 Å². The number of aliphatic imine (C=N–C) groups is 1. The average Bonchev–Trinajstić information content (AvgIpc) is 2.90. The summed E-state index contributed by atoms with van der Waals surface area (Å²) in [6.45, 7) is 4.55. The van der Waals surface area contributed by atoms with E-state index >= 15 is 0 Å². The Bertz CT molecular complexity index is 950. The molecule has 150 valence electrons. The number of carboxylic acids is 1. The summed E-state index contributed by atoms with van der Waals surface area (Å²) in [5.74, 6) is -2.24. The van der Waals surface area contributed by atoms with Gasteiger partial charge in [0.2, 0.25) is 0 Å². The second-order valence-corrected chi connectivity index (χ2v) is 8.16. The van der Waals surface area contributed by atoms with E-state index in [-0.39, 0.29) is 22.9 Å². The third kappa shape index (κ3) is 3.16. The first-order valence-corrected chi connectivity index (χ1v) is 9.41. The second kappa shape index (κ2) is 6.92. The molecule has 0 bridgehead atoms. The van der Waals surface area contributed by atoms with Gasteiger partial charge < -0.3 is 5.11 Å². The predicted octanol–water partition coefficient (Wildman–Crippen LogP) is 6.35. The van der Waals surface area contributed by atoms with Gasteiger partial charge in [0.05, 0.1) is 16.0 Å². The standard InChI is InChI=1S/C20H18Cl2F3NO2/c1-9-11-6-7-19(3,20(23,24)25)10(2)17(11)26-15(9)8-13-14(21)5-4-12(16(13)22)18(27)28/h4-7,9-10H,8H2,1-3H3,(H,27,28). The van der Waals surface area contributed by atoms with Gasteiger partial charge in [-0.15, -0.1) is 0 Å². The molecule has 0 amide bonds. The SMILES string of the molecule is CC1C(Cc2c(Cl)ccc(C(=O)O)c2Cl)=NC2=C1C=CC(C)(C(F)(F)F)C2C. The maximum atomic E-state index is 13.6. The Balaban J connectivity index is 1.98. The van der Waals surface area contributed by atoms with E-state index in [0.29, 0.717) is 22.0 Å². The normalized spacial score (nSPS) is 27.1. The second-order valence-electron chi connectivity index (χ2n) is 7.37. The van der Waals surface area contributed by atoms with Gasteiger partial charge in [-0.2, -0.15) is 13.2 Å². The Morgan fingerprint density at radius 3 is 2.50 bits per heavy atom. The number of hydrogen-bond acceptors (Lipinski definition) is 2. The van der Waals surface area contributed by atoms with Gasteiger partial charge in [-0.05, 0) is 30.2 Å². The predicted molar refractivity (Wildman–Crippen MR) is 103 cm³/mol. The molecule has 0 spiro atoms. The Morgan fingerprint density at radius 2 is 1.93 bits per heavy atom. The number of benzene rings is 1. The Labute approximate surface area is 170 Å². The molecule has 0 saturated heterocycles. The molecule has 3 atom stereocenters. The first-order valence-electron chi connectivity index (χ1n) is 8.66. The average molecular weight is 432 g/mol. The summed E-state index contributed by atoms with van der Waals surface area (Å²) < 4.78 is 40.8. The van der Waals surface area contributed by atoms with Crippen LogP contribution in [-0.2, 0) is 6.42 Å². The Kier molecular flexibility index (Phi) is 5.17. The lowest BCUT2D eigenvalue weighted by Crippen LogP contribution is -2.41. The van der Waals surface area contributed by atoms with Crippen LogP contribution in [0.3, 0.4) is 0 Å². The van der Waals surface area contributed by atoms with E-state index in [1.165, 1.54) is 38.1 Å². The zero-order valence-corrected chi connectivity index (χ0v) is 16.9. The highest BCUT2D eigenvalue weighted by atomic mass is 35.5. The summed E-state index contributed by atoms with van der Waals surface area (Å²) >= 11 is 12.4. The fourth-order valence-corrected chi connectivity index (χ4v) is 4.21. The Hall–Kier alpha value is -1.79. The number of carboxylic acid groups (broad SMARTS) is 1. The molecule has 0 radical (unpaired) electrons. The molecule has 0 fully saturated rings. The van der Waals surface area contributed by atoms with E-state index in [1.54, 1.807) is 0 Å². The van der Waals surface area contributed by atoms with Crippen molar-refractivity contribution in [1.82, 2.24) is 0 Å². The summed E-state index contributed by atoms with van der Waals surface area (Å²) in [4.78, 5) is 15.8. The zero-order chi connectivity index (χ0) is 21.0. The van der Waals surface area contributed by atoms with Crippen LogP contribution in [0.25, 0.3) is 0 Å². The van der Waals surface area contributed by atoms with Crippen LogP contribution in [0.4, 0.5) is 13.2 Å². The number of alkyl halides is 3.